The molecule has 4 amide bonds. The predicted molar refractivity (Wildman–Crippen MR) is 166 cm³/mol. The van der Waals surface area contributed by atoms with Gasteiger partial charge in [-0.2, -0.15) is 10.1 Å². The van der Waals surface area contributed by atoms with E-state index >= 15 is 0 Å². The van der Waals surface area contributed by atoms with Crippen molar-refractivity contribution >= 4 is 58.7 Å². The van der Waals surface area contributed by atoms with Crippen molar-refractivity contribution in [2.45, 2.75) is 17.8 Å². The second-order valence-electron chi connectivity index (χ2n) is 13.5. The molecule has 0 unspecified atom stereocenters. The van der Waals surface area contributed by atoms with Crippen molar-refractivity contribution in [3.05, 3.63) is 111 Å². The maximum atomic E-state index is 14.7. The number of hydrogen-bond acceptors (Lipinski definition) is 5. The van der Waals surface area contributed by atoms with Crippen LogP contribution in [-0.2, 0) is 24.6 Å². The number of halogens is 2. The zero-order valence-corrected chi connectivity index (χ0v) is 25.2. The molecule has 2 heterocycles. The number of imide groups is 2. The summed E-state index contributed by atoms with van der Waals surface area (Å²) in [6.45, 7) is 0. The van der Waals surface area contributed by atoms with Crippen LogP contribution in [0.3, 0.4) is 0 Å². The number of hydrogen-bond donors (Lipinski definition) is 0. The van der Waals surface area contributed by atoms with Crippen LogP contribution in [0.15, 0.2) is 84.0 Å². The summed E-state index contributed by atoms with van der Waals surface area (Å²) in [7, 11) is 0. The molecule has 9 aliphatic rings. The molecular formula is C36H25Cl2N3O4. The summed E-state index contributed by atoms with van der Waals surface area (Å²) in [6, 6.07) is 20.4. The Labute approximate surface area is 268 Å². The molecule has 9 heteroatoms. The highest BCUT2D eigenvalue weighted by Crippen LogP contribution is 2.66. The van der Waals surface area contributed by atoms with E-state index in [2.05, 4.69) is 12.2 Å². The SMILES string of the molecule is O=C1[C@@H]2[C@H]3C=C[C@@H]([C@@H]4C[C@H]34)[C@@H]2C(=O)N1/N=C\C12c3ccccc3C(c3ccccc31)[C@@H]1C(=O)N(c3ccc(Cl)cc3Cl)C(=O)[C@@H]12. The van der Waals surface area contributed by atoms with Gasteiger partial charge in [-0.15, -0.1) is 0 Å². The Hall–Kier alpha value is -4.07. The fraction of sp³-hybridized carbons (Fsp3) is 0.306. The van der Waals surface area contributed by atoms with Crippen molar-refractivity contribution in [3.63, 3.8) is 0 Å². The minimum absolute atomic E-state index is 0.0717. The molecule has 2 aliphatic heterocycles. The minimum Gasteiger partial charge on any atom is -0.274 e. The largest absolute Gasteiger partial charge is 0.274 e. The van der Waals surface area contributed by atoms with Crippen LogP contribution >= 0.6 is 23.2 Å². The van der Waals surface area contributed by atoms with E-state index in [-0.39, 0.29) is 46.2 Å². The lowest BCUT2D eigenvalue weighted by molar-refractivity contribution is -0.140. The maximum absolute atomic E-state index is 14.7. The average Bonchev–Trinajstić information content (AvgIpc) is 3.78. The van der Waals surface area contributed by atoms with Gasteiger partial charge in [0, 0.05) is 17.2 Å². The summed E-state index contributed by atoms with van der Waals surface area (Å²) in [5.74, 6) is -2.94. The monoisotopic (exact) mass is 633 g/mol. The maximum Gasteiger partial charge on any atom is 0.254 e. The minimum atomic E-state index is -1.21. The number of anilines is 1. The Bertz CT molecular complexity index is 1920. The van der Waals surface area contributed by atoms with Gasteiger partial charge in [-0.3, -0.25) is 19.2 Å². The van der Waals surface area contributed by atoms with E-state index in [0.29, 0.717) is 16.9 Å². The topological polar surface area (TPSA) is 87.1 Å². The van der Waals surface area contributed by atoms with E-state index in [1.807, 2.05) is 48.5 Å². The number of nitrogens with zero attached hydrogens (tertiary/aromatic N) is 3. The lowest BCUT2D eigenvalue weighted by Gasteiger charge is -2.52. The summed E-state index contributed by atoms with van der Waals surface area (Å²) in [5, 5.41) is 6.40. The van der Waals surface area contributed by atoms with E-state index in [4.69, 9.17) is 28.3 Å². The van der Waals surface area contributed by atoms with Gasteiger partial charge >= 0.3 is 0 Å². The van der Waals surface area contributed by atoms with Crippen molar-refractivity contribution < 1.29 is 19.2 Å². The van der Waals surface area contributed by atoms with Gasteiger partial charge in [-0.25, -0.2) is 4.90 Å². The van der Waals surface area contributed by atoms with Crippen LogP contribution < -0.4 is 4.90 Å². The van der Waals surface area contributed by atoms with E-state index in [1.54, 1.807) is 18.3 Å². The summed E-state index contributed by atoms with van der Waals surface area (Å²) >= 11 is 12.7. The first-order valence-electron chi connectivity index (χ1n) is 15.5. The number of carbonyl (C=O) groups is 4. The highest BCUT2D eigenvalue weighted by atomic mass is 35.5. The van der Waals surface area contributed by atoms with Crippen LogP contribution in [0, 0.1) is 47.3 Å². The quantitative estimate of drug-likeness (QED) is 0.214. The van der Waals surface area contributed by atoms with Gasteiger partial charge < -0.3 is 0 Å². The number of allylic oxidation sites excluding steroid dienone is 2. The van der Waals surface area contributed by atoms with Gasteiger partial charge in [0.2, 0.25) is 11.8 Å². The third-order valence-electron chi connectivity index (χ3n) is 11.9. The van der Waals surface area contributed by atoms with Crippen LogP contribution in [-0.4, -0.2) is 34.9 Å². The summed E-state index contributed by atoms with van der Waals surface area (Å²) in [4.78, 5) is 58.1. The fourth-order valence-corrected chi connectivity index (χ4v) is 10.6. The summed E-state index contributed by atoms with van der Waals surface area (Å²) < 4.78 is 0. The molecule has 7 aliphatic carbocycles. The molecule has 0 spiro atoms. The Morgan fingerprint density at radius 3 is 1.93 bits per heavy atom. The second-order valence-corrected chi connectivity index (χ2v) is 14.4. The molecule has 3 aromatic rings. The molecule has 0 radical (unpaired) electrons. The first-order chi connectivity index (χ1) is 21.8. The highest BCUT2D eigenvalue weighted by Gasteiger charge is 2.70. The highest BCUT2D eigenvalue weighted by molar-refractivity contribution is 6.38. The van der Waals surface area contributed by atoms with Crippen LogP contribution in [0.4, 0.5) is 5.69 Å². The summed E-state index contributed by atoms with van der Waals surface area (Å²) in [6.07, 6.45) is 6.97. The molecule has 0 aromatic heterocycles. The van der Waals surface area contributed by atoms with Gasteiger partial charge in [-0.1, -0.05) is 83.9 Å². The molecule has 4 bridgehead atoms. The van der Waals surface area contributed by atoms with E-state index in [9.17, 15) is 19.2 Å². The smallest absolute Gasteiger partial charge is 0.254 e. The Balaban J connectivity index is 1.16. The standard InChI is InChI=1S/C36H25Cl2N3O4/c37-16-9-12-26(25(38)13-16)40-32(42)30-27-19-5-1-3-7-23(19)36(31(30)35(40)45,24-8-4-2-6-20(24)27)15-39-41-33(43)28-17-10-11-18(22-14-21(17)22)29(28)34(41)44/h1-13,15,17-18,21-22,27-31H,14H2/b39-15-/t17-,18-,21-,22+,27?,28-,29+,30-,31+,36?/m0/s1. The lowest BCUT2D eigenvalue weighted by atomic mass is 9.47. The number of amides is 4. The second kappa shape index (κ2) is 8.59. The molecule has 222 valence electrons. The zero-order valence-electron chi connectivity index (χ0n) is 23.7. The number of rotatable bonds is 3. The molecule has 0 N–H and O–H groups in total. The molecule has 45 heavy (non-hydrogen) atoms. The van der Waals surface area contributed by atoms with Crippen molar-refractivity contribution in [3.8, 4) is 0 Å². The van der Waals surface area contributed by atoms with Gasteiger partial charge in [0.25, 0.3) is 11.8 Å². The molecule has 8 atom stereocenters. The third kappa shape index (κ3) is 3.02. The number of carbonyl (C=O) groups excluding carboxylic acids is 4. The van der Waals surface area contributed by atoms with Gasteiger partial charge in [-0.05, 0) is 70.5 Å². The zero-order chi connectivity index (χ0) is 30.5. The van der Waals surface area contributed by atoms with Gasteiger partial charge in [0.15, 0.2) is 0 Å². The number of benzene rings is 3. The Morgan fingerprint density at radius 1 is 0.733 bits per heavy atom. The van der Waals surface area contributed by atoms with Crippen molar-refractivity contribution in [2.24, 2.45) is 52.4 Å². The first-order valence-corrected chi connectivity index (χ1v) is 16.2. The molecule has 3 aromatic carbocycles. The first kappa shape index (κ1) is 26.2. The van der Waals surface area contributed by atoms with Crippen LogP contribution in [0.1, 0.15) is 34.6 Å². The van der Waals surface area contributed by atoms with Crippen molar-refractivity contribution in [1.29, 1.82) is 0 Å². The molecule has 2 saturated heterocycles. The van der Waals surface area contributed by atoms with Crippen molar-refractivity contribution in [2.75, 3.05) is 4.90 Å². The third-order valence-corrected chi connectivity index (χ3v) is 12.4. The lowest BCUT2D eigenvalue weighted by Crippen LogP contribution is -2.55. The van der Waals surface area contributed by atoms with E-state index in [0.717, 1.165) is 33.7 Å². The average molecular weight is 635 g/mol. The van der Waals surface area contributed by atoms with Crippen LogP contribution in [0.2, 0.25) is 10.0 Å². The van der Waals surface area contributed by atoms with Gasteiger partial charge in [0.05, 0.1) is 39.8 Å². The van der Waals surface area contributed by atoms with Gasteiger partial charge in [0.1, 0.15) is 0 Å². The van der Waals surface area contributed by atoms with Crippen LogP contribution in [0.25, 0.3) is 0 Å². The molecule has 2 saturated carbocycles. The summed E-state index contributed by atoms with van der Waals surface area (Å²) in [5.41, 5.74) is 2.64. The van der Waals surface area contributed by atoms with Crippen LogP contribution in [0.5, 0.6) is 0 Å². The molecular weight excluding hydrogens is 609 g/mol. The van der Waals surface area contributed by atoms with E-state index < -0.39 is 35.0 Å². The number of hydrazone groups is 1. The molecule has 7 nitrogen and oxygen atoms in total. The Morgan fingerprint density at radius 2 is 1.33 bits per heavy atom. The van der Waals surface area contributed by atoms with Crippen molar-refractivity contribution in [1.82, 2.24) is 5.01 Å². The predicted octanol–water partition coefficient (Wildman–Crippen LogP) is 5.58. The Kier molecular flexibility index (Phi) is 5.00. The fourth-order valence-electron chi connectivity index (χ4n) is 10.2. The molecule has 12 rings (SSSR count). The normalized spacial score (nSPS) is 37.7. The molecule has 4 fully saturated rings. The van der Waals surface area contributed by atoms with E-state index in [1.165, 1.54) is 11.0 Å².